The van der Waals surface area contributed by atoms with Gasteiger partial charge in [0.05, 0.1) is 6.54 Å². The summed E-state index contributed by atoms with van der Waals surface area (Å²) < 4.78 is 0. The molecule has 0 bridgehead atoms. The van der Waals surface area contributed by atoms with Gasteiger partial charge >= 0.3 is 0 Å². The van der Waals surface area contributed by atoms with Crippen molar-refractivity contribution < 1.29 is 4.79 Å². The van der Waals surface area contributed by atoms with Crippen molar-refractivity contribution in [2.45, 2.75) is 40.2 Å². The fourth-order valence-electron chi connectivity index (χ4n) is 2.85. The molecule has 0 aliphatic heterocycles. The Balaban J connectivity index is 1.99. The smallest absolute Gasteiger partial charge is 0.251 e. The number of benzene rings is 2. The lowest BCUT2D eigenvalue weighted by atomic mass is 10.0. The molecule has 0 aromatic heterocycles. The van der Waals surface area contributed by atoms with E-state index in [1.54, 1.807) is 0 Å². The highest BCUT2D eigenvalue weighted by molar-refractivity contribution is 5.94. The van der Waals surface area contributed by atoms with Crippen LogP contribution in [0, 0.1) is 6.92 Å². The molecular weight excluding hydrogens is 348 g/mol. The highest BCUT2D eigenvalue weighted by atomic mass is 16.1. The summed E-state index contributed by atoms with van der Waals surface area (Å²) in [5.74, 6) is 1.11. The third kappa shape index (κ3) is 6.72. The standard InChI is InChI=1S/C23H32N4O/c1-5-24-22(28)21-9-7-8-19(14-21)16-27-23(25-6-2)26-15-18(4)20-12-10-17(3)11-13-20/h7-14,18H,5-6,15-16H2,1-4H3,(H,24,28)(H2,25,26,27). The molecule has 0 radical (unpaired) electrons. The zero-order valence-corrected chi connectivity index (χ0v) is 17.4. The van der Waals surface area contributed by atoms with E-state index < -0.39 is 0 Å². The van der Waals surface area contributed by atoms with Crippen LogP contribution in [-0.2, 0) is 6.54 Å². The van der Waals surface area contributed by atoms with E-state index in [1.807, 2.05) is 31.2 Å². The van der Waals surface area contributed by atoms with Gasteiger partial charge in [-0.3, -0.25) is 4.79 Å². The molecule has 5 heteroatoms. The van der Waals surface area contributed by atoms with E-state index >= 15 is 0 Å². The van der Waals surface area contributed by atoms with Gasteiger partial charge in [0.15, 0.2) is 5.96 Å². The summed E-state index contributed by atoms with van der Waals surface area (Å²) in [7, 11) is 0. The number of carbonyl (C=O) groups excluding carboxylic acids is 1. The Morgan fingerprint density at radius 1 is 1.00 bits per heavy atom. The third-order valence-corrected chi connectivity index (χ3v) is 4.51. The molecule has 0 fully saturated rings. The summed E-state index contributed by atoms with van der Waals surface area (Å²) >= 11 is 0. The van der Waals surface area contributed by atoms with Gasteiger partial charge in [-0.2, -0.15) is 0 Å². The first-order chi connectivity index (χ1) is 13.5. The predicted octanol–water partition coefficient (Wildman–Crippen LogP) is 3.60. The van der Waals surface area contributed by atoms with E-state index in [2.05, 4.69) is 66.0 Å². The van der Waals surface area contributed by atoms with Gasteiger partial charge in [-0.05, 0) is 49.9 Å². The molecule has 1 amide bonds. The second-order valence-electron chi connectivity index (χ2n) is 6.95. The SMILES string of the molecule is CCNC(=O)c1cccc(CN=C(NCC)NCC(C)c2ccc(C)cc2)c1. The van der Waals surface area contributed by atoms with Crippen molar-refractivity contribution in [1.29, 1.82) is 0 Å². The minimum atomic E-state index is -0.0507. The van der Waals surface area contributed by atoms with Gasteiger partial charge in [-0.15, -0.1) is 0 Å². The molecule has 2 aromatic carbocycles. The molecule has 5 nitrogen and oxygen atoms in total. The molecule has 0 aliphatic rings. The quantitative estimate of drug-likeness (QED) is 0.484. The molecule has 1 unspecified atom stereocenters. The molecule has 1 atom stereocenters. The van der Waals surface area contributed by atoms with Gasteiger partial charge in [0, 0.05) is 25.2 Å². The minimum absolute atomic E-state index is 0.0507. The van der Waals surface area contributed by atoms with Crippen molar-refractivity contribution in [3.8, 4) is 0 Å². The van der Waals surface area contributed by atoms with Gasteiger partial charge in [-0.1, -0.05) is 48.9 Å². The third-order valence-electron chi connectivity index (χ3n) is 4.51. The van der Waals surface area contributed by atoms with E-state index in [4.69, 9.17) is 0 Å². The summed E-state index contributed by atoms with van der Waals surface area (Å²) in [5, 5.41) is 9.53. The Morgan fingerprint density at radius 2 is 1.71 bits per heavy atom. The van der Waals surface area contributed by atoms with Crippen LogP contribution in [0.15, 0.2) is 53.5 Å². The molecule has 28 heavy (non-hydrogen) atoms. The van der Waals surface area contributed by atoms with Crippen LogP contribution in [-0.4, -0.2) is 31.5 Å². The van der Waals surface area contributed by atoms with Crippen LogP contribution in [0.4, 0.5) is 0 Å². The maximum atomic E-state index is 12.0. The van der Waals surface area contributed by atoms with E-state index in [-0.39, 0.29) is 5.91 Å². The number of aryl methyl sites for hydroxylation is 1. The predicted molar refractivity (Wildman–Crippen MR) is 117 cm³/mol. The molecule has 0 saturated carbocycles. The molecule has 0 spiro atoms. The van der Waals surface area contributed by atoms with Crippen LogP contribution in [0.2, 0.25) is 0 Å². The molecule has 2 rings (SSSR count). The molecule has 2 aromatic rings. The van der Waals surface area contributed by atoms with E-state index in [0.29, 0.717) is 24.6 Å². The number of hydrogen-bond acceptors (Lipinski definition) is 2. The summed E-state index contributed by atoms with van der Waals surface area (Å²) in [6.07, 6.45) is 0. The summed E-state index contributed by atoms with van der Waals surface area (Å²) in [5.41, 5.74) is 4.25. The lowest BCUT2D eigenvalue weighted by Crippen LogP contribution is -2.39. The average molecular weight is 381 g/mol. The first-order valence-electron chi connectivity index (χ1n) is 9.99. The monoisotopic (exact) mass is 380 g/mol. The number of rotatable bonds is 8. The van der Waals surface area contributed by atoms with Gasteiger partial charge in [0.2, 0.25) is 0 Å². The van der Waals surface area contributed by atoms with Crippen molar-refractivity contribution in [3.63, 3.8) is 0 Å². The van der Waals surface area contributed by atoms with Crippen LogP contribution in [0.25, 0.3) is 0 Å². The molecule has 0 saturated heterocycles. The van der Waals surface area contributed by atoms with Gasteiger partial charge in [0.25, 0.3) is 5.91 Å². The number of carbonyl (C=O) groups is 1. The van der Waals surface area contributed by atoms with Crippen LogP contribution >= 0.6 is 0 Å². The van der Waals surface area contributed by atoms with E-state index in [9.17, 15) is 4.79 Å². The second kappa shape index (κ2) is 11.1. The summed E-state index contributed by atoms with van der Waals surface area (Å²) in [6.45, 7) is 11.0. The van der Waals surface area contributed by atoms with Crippen molar-refractivity contribution in [2.24, 2.45) is 4.99 Å². The molecule has 0 aliphatic carbocycles. The largest absolute Gasteiger partial charge is 0.357 e. The van der Waals surface area contributed by atoms with Crippen LogP contribution in [0.3, 0.4) is 0 Å². The fraction of sp³-hybridized carbons (Fsp3) is 0.391. The molecule has 3 N–H and O–H groups in total. The van der Waals surface area contributed by atoms with Crippen molar-refractivity contribution in [1.82, 2.24) is 16.0 Å². The van der Waals surface area contributed by atoms with Crippen molar-refractivity contribution in [3.05, 3.63) is 70.8 Å². The average Bonchev–Trinajstić information content (AvgIpc) is 2.70. The van der Waals surface area contributed by atoms with Gasteiger partial charge in [0.1, 0.15) is 0 Å². The van der Waals surface area contributed by atoms with Gasteiger partial charge in [-0.25, -0.2) is 4.99 Å². The van der Waals surface area contributed by atoms with Crippen LogP contribution in [0.5, 0.6) is 0 Å². The zero-order chi connectivity index (χ0) is 20.4. The first-order valence-corrected chi connectivity index (χ1v) is 9.99. The summed E-state index contributed by atoms with van der Waals surface area (Å²) in [4.78, 5) is 16.7. The summed E-state index contributed by atoms with van der Waals surface area (Å²) in [6, 6.07) is 16.3. The normalized spacial score (nSPS) is 12.4. The van der Waals surface area contributed by atoms with Crippen molar-refractivity contribution >= 4 is 11.9 Å². The highest BCUT2D eigenvalue weighted by Gasteiger charge is 2.07. The Bertz CT molecular complexity index is 783. The zero-order valence-electron chi connectivity index (χ0n) is 17.4. The Kier molecular flexibility index (Phi) is 8.53. The topological polar surface area (TPSA) is 65.5 Å². The number of nitrogens with one attached hydrogen (secondary N) is 3. The maximum absolute atomic E-state index is 12.0. The first kappa shape index (κ1) is 21.5. The van der Waals surface area contributed by atoms with Gasteiger partial charge < -0.3 is 16.0 Å². The molecule has 150 valence electrons. The Labute approximate surface area is 168 Å². The number of aliphatic imine (C=N–C) groups is 1. The van der Waals surface area contributed by atoms with E-state index in [0.717, 1.165) is 24.6 Å². The fourth-order valence-corrected chi connectivity index (χ4v) is 2.85. The Morgan fingerprint density at radius 3 is 2.39 bits per heavy atom. The lowest BCUT2D eigenvalue weighted by Gasteiger charge is -2.16. The van der Waals surface area contributed by atoms with E-state index in [1.165, 1.54) is 11.1 Å². The second-order valence-corrected chi connectivity index (χ2v) is 6.95. The molecule has 0 heterocycles. The maximum Gasteiger partial charge on any atom is 0.251 e. The number of guanidine groups is 1. The Hall–Kier alpha value is -2.82. The molecular formula is C23H32N4O. The van der Waals surface area contributed by atoms with Crippen molar-refractivity contribution in [2.75, 3.05) is 19.6 Å². The van der Waals surface area contributed by atoms with Crippen LogP contribution in [0.1, 0.15) is 53.7 Å². The number of amides is 1. The number of hydrogen-bond donors (Lipinski definition) is 3. The number of nitrogens with zero attached hydrogens (tertiary/aromatic N) is 1. The van der Waals surface area contributed by atoms with Crippen LogP contribution < -0.4 is 16.0 Å². The highest BCUT2D eigenvalue weighted by Crippen LogP contribution is 2.14. The lowest BCUT2D eigenvalue weighted by molar-refractivity contribution is 0.0955. The minimum Gasteiger partial charge on any atom is -0.357 e.